The molecular formula is C15H20N4O. The van der Waals surface area contributed by atoms with Crippen LogP contribution in [-0.2, 0) is 6.54 Å². The van der Waals surface area contributed by atoms with Gasteiger partial charge in [-0.2, -0.15) is 0 Å². The molecule has 0 radical (unpaired) electrons. The van der Waals surface area contributed by atoms with Crippen LogP contribution in [0.15, 0.2) is 24.3 Å². The molecule has 5 heteroatoms. The predicted octanol–water partition coefficient (Wildman–Crippen LogP) is 2.76. The summed E-state index contributed by atoms with van der Waals surface area (Å²) in [5, 5.41) is 6.43. The number of anilines is 2. The highest BCUT2D eigenvalue weighted by molar-refractivity contribution is 5.57. The van der Waals surface area contributed by atoms with Gasteiger partial charge in [0.1, 0.15) is 23.2 Å². The van der Waals surface area contributed by atoms with Crippen molar-refractivity contribution in [2.24, 2.45) is 0 Å². The van der Waals surface area contributed by atoms with E-state index in [1.807, 2.05) is 39.1 Å². The molecule has 0 atom stereocenters. The van der Waals surface area contributed by atoms with Crippen LogP contribution in [0.3, 0.4) is 0 Å². The number of hydrogen-bond donors (Lipinski definition) is 2. The molecule has 1 heterocycles. The molecular weight excluding hydrogens is 252 g/mol. The second-order valence-corrected chi connectivity index (χ2v) is 4.55. The Morgan fingerprint density at radius 2 is 1.90 bits per heavy atom. The van der Waals surface area contributed by atoms with Crippen molar-refractivity contribution in [2.45, 2.75) is 20.4 Å². The molecule has 0 saturated carbocycles. The van der Waals surface area contributed by atoms with E-state index in [4.69, 9.17) is 4.74 Å². The fourth-order valence-corrected chi connectivity index (χ4v) is 2.01. The zero-order valence-electron chi connectivity index (χ0n) is 12.3. The highest BCUT2D eigenvalue weighted by Gasteiger charge is 2.07. The second-order valence-electron chi connectivity index (χ2n) is 4.55. The molecule has 106 valence electrons. The molecule has 2 aromatic rings. The lowest BCUT2D eigenvalue weighted by molar-refractivity contribution is 0.414. The van der Waals surface area contributed by atoms with Crippen molar-refractivity contribution in [3.05, 3.63) is 41.2 Å². The average molecular weight is 272 g/mol. The van der Waals surface area contributed by atoms with Gasteiger partial charge in [0, 0.05) is 19.2 Å². The van der Waals surface area contributed by atoms with Crippen LogP contribution in [-0.4, -0.2) is 24.1 Å². The minimum Gasteiger partial charge on any atom is -0.497 e. The van der Waals surface area contributed by atoms with Crippen LogP contribution in [0.1, 0.15) is 17.0 Å². The SMILES string of the molecule is CNc1nc(C)nc(NCc2cccc(OC)c2)c1C. The van der Waals surface area contributed by atoms with Crippen molar-refractivity contribution in [3.8, 4) is 5.75 Å². The minimum absolute atomic E-state index is 0.692. The summed E-state index contributed by atoms with van der Waals surface area (Å²) in [6.07, 6.45) is 0. The summed E-state index contributed by atoms with van der Waals surface area (Å²) in [5.74, 6) is 3.30. The van der Waals surface area contributed by atoms with E-state index in [9.17, 15) is 0 Å². The fraction of sp³-hybridized carbons (Fsp3) is 0.333. The lowest BCUT2D eigenvalue weighted by atomic mass is 10.2. The summed E-state index contributed by atoms with van der Waals surface area (Å²) in [5.41, 5.74) is 2.16. The van der Waals surface area contributed by atoms with Gasteiger partial charge in [0.25, 0.3) is 0 Å². The van der Waals surface area contributed by atoms with Crippen LogP contribution in [0, 0.1) is 13.8 Å². The topological polar surface area (TPSA) is 59.1 Å². The van der Waals surface area contributed by atoms with E-state index >= 15 is 0 Å². The van der Waals surface area contributed by atoms with Crippen molar-refractivity contribution in [1.29, 1.82) is 0 Å². The Morgan fingerprint density at radius 3 is 2.60 bits per heavy atom. The average Bonchev–Trinajstić information content (AvgIpc) is 2.48. The van der Waals surface area contributed by atoms with Gasteiger partial charge in [-0.1, -0.05) is 12.1 Å². The molecule has 0 unspecified atom stereocenters. The molecule has 20 heavy (non-hydrogen) atoms. The van der Waals surface area contributed by atoms with Gasteiger partial charge in [0.15, 0.2) is 0 Å². The molecule has 0 bridgehead atoms. The van der Waals surface area contributed by atoms with Gasteiger partial charge < -0.3 is 15.4 Å². The quantitative estimate of drug-likeness (QED) is 0.876. The largest absolute Gasteiger partial charge is 0.497 e. The number of rotatable bonds is 5. The third kappa shape index (κ3) is 3.17. The summed E-state index contributed by atoms with van der Waals surface area (Å²) < 4.78 is 5.22. The Bertz CT molecular complexity index is 598. The number of nitrogens with zero attached hydrogens (tertiary/aromatic N) is 2. The molecule has 2 rings (SSSR count). The maximum Gasteiger partial charge on any atom is 0.135 e. The Morgan fingerprint density at radius 1 is 1.15 bits per heavy atom. The zero-order chi connectivity index (χ0) is 14.5. The molecule has 0 aliphatic carbocycles. The van der Waals surface area contributed by atoms with Crippen LogP contribution in [0.4, 0.5) is 11.6 Å². The van der Waals surface area contributed by atoms with E-state index in [1.165, 1.54) is 0 Å². The number of benzene rings is 1. The third-order valence-corrected chi connectivity index (χ3v) is 3.09. The Kier molecular flexibility index (Phi) is 4.40. The lowest BCUT2D eigenvalue weighted by Gasteiger charge is -2.13. The summed E-state index contributed by atoms with van der Waals surface area (Å²) in [6.45, 7) is 4.58. The first-order valence-corrected chi connectivity index (χ1v) is 6.54. The molecule has 0 spiro atoms. The first-order chi connectivity index (χ1) is 9.63. The Balaban J connectivity index is 2.16. The van der Waals surface area contributed by atoms with E-state index in [0.717, 1.165) is 34.3 Å². The maximum absolute atomic E-state index is 5.22. The summed E-state index contributed by atoms with van der Waals surface area (Å²) in [7, 11) is 3.53. The Hall–Kier alpha value is -2.30. The lowest BCUT2D eigenvalue weighted by Crippen LogP contribution is -2.08. The van der Waals surface area contributed by atoms with E-state index < -0.39 is 0 Å². The van der Waals surface area contributed by atoms with Gasteiger partial charge in [-0.05, 0) is 31.5 Å². The number of aryl methyl sites for hydroxylation is 1. The summed E-state index contributed by atoms with van der Waals surface area (Å²) in [6, 6.07) is 7.98. The summed E-state index contributed by atoms with van der Waals surface area (Å²) >= 11 is 0. The standard InChI is InChI=1S/C15H20N4O/c1-10-14(16-3)18-11(2)19-15(10)17-9-12-6-5-7-13(8-12)20-4/h5-8H,9H2,1-4H3,(H2,16,17,18,19). The monoisotopic (exact) mass is 272 g/mol. The van der Waals surface area contributed by atoms with E-state index in [0.29, 0.717) is 6.54 Å². The van der Waals surface area contributed by atoms with Gasteiger partial charge >= 0.3 is 0 Å². The minimum atomic E-state index is 0.692. The van der Waals surface area contributed by atoms with Crippen molar-refractivity contribution >= 4 is 11.6 Å². The molecule has 5 nitrogen and oxygen atoms in total. The molecule has 0 aliphatic rings. The smallest absolute Gasteiger partial charge is 0.135 e. The van der Waals surface area contributed by atoms with Gasteiger partial charge in [-0.15, -0.1) is 0 Å². The van der Waals surface area contributed by atoms with Crippen molar-refractivity contribution in [2.75, 3.05) is 24.8 Å². The normalized spacial score (nSPS) is 10.2. The van der Waals surface area contributed by atoms with Gasteiger partial charge in [-0.25, -0.2) is 9.97 Å². The first kappa shape index (κ1) is 14.1. The van der Waals surface area contributed by atoms with Crippen LogP contribution in [0.5, 0.6) is 5.75 Å². The molecule has 0 amide bonds. The van der Waals surface area contributed by atoms with Gasteiger partial charge in [0.05, 0.1) is 7.11 Å². The number of ether oxygens (including phenoxy) is 1. The van der Waals surface area contributed by atoms with Crippen molar-refractivity contribution in [1.82, 2.24) is 9.97 Å². The number of hydrogen-bond acceptors (Lipinski definition) is 5. The number of aromatic nitrogens is 2. The highest BCUT2D eigenvalue weighted by Crippen LogP contribution is 2.20. The van der Waals surface area contributed by atoms with Crippen LogP contribution >= 0.6 is 0 Å². The van der Waals surface area contributed by atoms with Crippen LogP contribution in [0.2, 0.25) is 0 Å². The molecule has 2 N–H and O–H groups in total. The third-order valence-electron chi connectivity index (χ3n) is 3.09. The van der Waals surface area contributed by atoms with Crippen molar-refractivity contribution in [3.63, 3.8) is 0 Å². The van der Waals surface area contributed by atoms with Crippen molar-refractivity contribution < 1.29 is 4.74 Å². The number of methoxy groups -OCH3 is 1. The van der Waals surface area contributed by atoms with E-state index in [2.05, 4.69) is 26.7 Å². The second kappa shape index (κ2) is 6.23. The molecule has 1 aromatic heterocycles. The highest BCUT2D eigenvalue weighted by atomic mass is 16.5. The molecule has 1 aromatic carbocycles. The molecule has 0 saturated heterocycles. The van der Waals surface area contributed by atoms with Gasteiger partial charge in [0.2, 0.25) is 0 Å². The Labute approximate surface area is 119 Å². The van der Waals surface area contributed by atoms with E-state index in [-0.39, 0.29) is 0 Å². The number of nitrogens with one attached hydrogen (secondary N) is 2. The van der Waals surface area contributed by atoms with Crippen LogP contribution in [0.25, 0.3) is 0 Å². The first-order valence-electron chi connectivity index (χ1n) is 6.54. The maximum atomic E-state index is 5.22. The zero-order valence-corrected chi connectivity index (χ0v) is 12.3. The van der Waals surface area contributed by atoms with E-state index in [1.54, 1.807) is 7.11 Å². The molecule has 0 fully saturated rings. The predicted molar refractivity (Wildman–Crippen MR) is 81.4 cm³/mol. The summed E-state index contributed by atoms with van der Waals surface area (Å²) in [4.78, 5) is 8.80. The van der Waals surface area contributed by atoms with Crippen LogP contribution < -0.4 is 15.4 Å². The fourth-order valence-electron chi connectivity index (χ4n) is 2.01. The molecule has 0 aliphatic heterocycles. The van der Waals surface area contributed by atoms with Gasteiger partial charge in [-0.3, -0.25) is 0 Å².